The van der Waals surface area contributed by atoms with Crippen molar-refractivity contribution in [1.82, 2.24) is 15.1 Å². The monoisotopic (exact) mass is 449 g/mol. The van der Waals surface area contributed by atoms with Gasteiger partial charge in [0, 0.05) is 15.4 Å². The summed E-state index contributed by atoms with van der Waals surface area (Å²) in [6.45, 7) is 0. The largest absolute Gasteiger partial charge is 0.339 e. The summed E-state index contributed by atoms with van der Waals surface area (Å²) in [5, 5.41) is 5.70. The summed E-state index contributed by atoms with van der Waals surface area (Å²) in [5.74, 6) is 0.569. The van der Waals surface area contributed by atoms with Gasteiger partial charge >= 0.3 is 0 Å². The Balaban J connectivity index is 1.72. The van der Waals surface area contributed by atoms with E-state index in [9.17, 15) is 4.79 Å². The van der Waals surface area contributed by atoms with E-state index >= 15 is 0 Å². The van der Waals surface area contributed by atoms with E-state index in [2.05, 4.69) is 31.1 Å². The second-order valence-electron chi connectivity index (χ2n) is 5.65. The third kappa shape index (κ3) is 3.28. The maximum atomic E-state index is 12.4. The minimum atomic E-state index is -0.284. The van der Waals surface area contributed by atoms with E-state index in [1.807, 2.05) is 24.3 Å². The average Bonchev–Trinajstić information content (AvgIpc) is 3.07. The molecule has 4 rings (SSSR count). The lowest BCUT2D eigenvalue weighted by Crippen LogP contribution is -2.09. The number of nitrogens with one attached hydrogen (secondary N) is 1. The van der Waals surface area contributed by atoms with Crippen LogP contribution in [0.25, 0.3) is 22.3 Å². The molecule has 0 atom stereocenters. The van der Waals surface area contributed by atoms with E-state index in [4.69, 9.17) is 27.7 Å². The van der Waals surface area contributed by atoms with E-state index in [0.29, 0.717) is 27.9 Å². The molecular weight excluding hydrogens is 441 g/mol. The zero-order valence-corrected chi connectivity index (χ0v) is 16.2. The van der Waals surface area contributed by atoms with E-state index in [-0.39, 0.29) is 11.4 Å². The molecule has 0 bridgehead atoms. The van der Waals surface area contributed by atoms with Gasteiger partial charge in [0.05, 0.1) is 22.0 Å². The molecule has 8 heteroatoms. The molecule has 0 aliphatic rings. The summed E-state index contributed by atoms with van der Waals surface area (Å²) in [4.78, 5) is 19.5. The van der Waals surface area contributed by atoms with Crippen molar-refractivity contribution in [1.29, 1.82) is 0 Å². The Labute approximate surface area is 166 Å². The molecule has 2 aromatic carbocycles. The van der Waals surface area contributed by atoms with Gasteiger partial charge in [0.1, 0.15) is 0 Å². The minimum absolute atomic E-state index is 0.223. The summed E-state index contributed by atoms with van der Waals surface area (Å²) in [7, 11) is 0. The Hall–Kier alpha value is -2.15. The zero-order valence-electron chi connectivity index (χ0n) is 13.1. The van der Waals surface area contributed by atoms with Crippen molar-refractivity contribution in [2.45, 2.75) is 6.42 Å². The van der Waals surface area contributed by atoms with Crippen molar-refractivity contribution in [3.05, 3.63) is 78.8 Å². The highest BCUT2D eigenvalue weighted by Crippen LogP contribution is 2.27. The third-order valence-electron chi connectivity index (χ3n) is 3.89. The molecule has 0 spiro atoms. The van der Waals surface area contributed by atoms with E-state index < -0.39 is 0 Å². The van der Waals surface area contributed by atoms with Crippen molar-refractivity contribution in [2.24, 2.45) is 0 Å². The van der Waals surface area contributed by atoms with Gasteiger partial charge in [-0.05, 0) is 35.9 Å². The van der Waals surface area contributed by atoms with Crippen molar-refractivity contribution in [2.75, 3.05) is 0 Å². The van der Waals surface area contributed by atoms with Crippen LogP contribution in [0.15, 0.2) is 56.3 Å². The van der Waals surface area contributed by atoms with Gasteiger partial charge in [-0.25, -0.2) is 0 Å². The molecule has 0 aliphatic heterocycles. The first-order chi connectivity index (χ1) is 12.5. The van der Waals surface area contributed by atoms with Gasteiger partial charge in [-0.1, -0.05) is 56.4 Å². The van der Waals surface area contributed by atoms with Crippen molar-refractivity contribution < 1.29 is 4.52 Å². The Morgan fingerprint density at radius 1 is 1.15 bits per heavy atom. The predicted molar refractivity (Wildman–Crippen MR) is 105 cm³/mol. The summed E-state index contributed by atoms with van der Waals surface area (Å²) in [6.07, 6.45) is 0.323. The molecule has 0 saturated heterocycles. The molecule has 2 heterocycles. The molecular formula is C18H10BrCl2N3O2. The molecule has 130 valence electrons. The number of hydrogen-bond donors (Lipinski definition) is 1. The summed E-state index contributed by atoms with van der Waals surface area (Å²) in [6, 6.07) is 12.7. The van der Waals surface area contributed by atoms with E-state index in [0.717, 1.165) is 20.9 Å². The van der Waals surface area contributed by atoms with Crippen molar-refractivity contribution in [3.63, 3.8) is 0 Å². The van der Waals surface area contributed by atoms with Gasteiger partial charge in [-0.3, -0.25) is 4.79 Å². The molecule has 0 aliphatic carbocycles. The molecule has 0 amide bonds. The first-order valence-corrected chi connectivity index (χ1v) is 9.14. The first kappa shape index (κ1) is 17.3. The lowest BCUT2D eigenvalue weighted by molar-refractivity contribution is 0.385. The number of pyridine rings is 1. The molecule has 1 N–H and O–H groups in total. The lowest BCUT2D eigenvalue weighted by atomic mass is 10.1. The molecule has 5 nitrogen and oxygen atoms in total. The van der Waals surface area contributed by atoms with Crippen LogP contribution in [0.1, 0.15) is 11.5 Å². The Bertz CT molecular complexity index is 1190. The van der Waals surface area contributed by atoms with Gasteiger partial charge in [-0.15, -0.1) is 0 Å². The highest BCUT2D eigenvalue weighted by atomic mass is 79.9. The van der Waals surface area contributed by atoms with Gasteiger partial charge in [0.15, 0.2) is 0 Å². The molecule has 26 heavy (non-hydrogen) atoms. The fraction of sp³-hybridized carbons (Fsp3) is 0.0556. The van der Waals surface area contributed by atoms with Crippen molar-refractivity contribution in [3.8, 4) is 11.4 Å². The maximum Gasteiger partial charge on any atom is 0.259 e. The zero-order chi connectivity index (χ0) is 18.3. The van der Waals surface area contributed by atoms with Crippen LogP contribution in [-0.2, 0) is 6.42 Å². The number of hydrogen-bond acceptors (Lipinski definition) is 4. The summed E-state index contributed by atoms with van der Waals surface area (Å²) >= 11 is 15.6. The highest BCUT2D eigenvalue weighted by molar-refractivity contribution is 9.10. The second kappa shape index (κ2) is 6.87. The van der Waals surface area contributed by atoms with Gasteiger partial charge in [0.25, 0.3) is 5.56 Å². The maximum absolute atomic E-state index is 12.4. The van der Waals surface area contributed by atoms with Crippen LogP contribution in [0, 0.1) is 0 Å². The van der Waals surface area contributed by atoms with Gasteiger partial charge < -0.3 is 9.51 Å². The number of aromatic nitrogens is 3. The van der Waals surface area contributed by atoms with Crippen molar-refractivity contribution >= 4 is 50.0 Å². The number of rotatable bonds is 3. The Morgan fingerprint density at radius 2 is 2.00 bits per heavy atom. The molecule has 0 unspecified atom stereocenters. The Morgan fingerprint density at radius 3 is 2.85 bits per heavy atom. The van der Waals surface area contributed by atoms with Gasteiger partial charge in [-0.2, -0.15) is 4.98 Å². The SMILES string of the molecule is O=c1[nH]c2ccc(Br)cc2cc1-c1noc(Cc2cccc(Cl)c2Cl)n1. The smallest absolute Gasteiger partial charge is 0.259 e. The molecule has 0 radical (unpaired) electrons. The topological polar surface area (TPSA) is 71.8 Å². The summed E-state index contributed by atoms with van der Waals surface area (Å²) < 4.78 is 6.19. The van der Waals surface area contributed by atoms with E-state index in [1.165, 1.54) is 0 Å². The van der Waals surface area contributed by atoms with Crippen LogP contribution in [0.5, 0.6) is 0 Å². The normalized spacial score (nSPS) is 11.2. The van der Waals surface area contributed by atoms with Crippen LogP contribution in [0.4, 0.5) is 0 Å². The fourth-order valence-corrected chi connectivity index (χ4v) is 3.39. The van der Waals surface area contributed by atoms with Crippen LogP contribution in [-0.4, -0.2) is 15.1 Å². The molecule has 2 aromatic heterocycles. The standard InChI is InChI=1S/C18H10BrCl2N3O2/c19-11-4-5-14-10(6-11)7-12(18(25)22-14)17-23-15(26-24-17)8-9-2-1-3-13(20)16(9)21/h1-7H,8H2,(H,22,25). The fourth-order valence-electron chi connectivity index (χ4n) is 2.63. The molecule has 0 fully saturated rings. The number of H-pyrrole nitrogens is 1. The van der Waals surface area contributed by atoms with E-state index in [1.54, 1.807) is 18.2 Å². The lowest BCUT2D eigenvalue weighted by Gasteiger charge is -2.02. The average molecular weight is 451 g/mol. The number of benzene rings is 2. The highest BCUT2D eigenvalue weighted by Gasteiger charge is 2.15. The molecule has 4 aromatic rings. The number of fused-ring (bicyclic) bond motifs is 1. The minimum Gasteiger partial charge on any atom is -0.339 e. The summed E-state index contributed by atoms with van der Waals surface area (Å²) in [5.41, 5.74) is 1.55. The number of halogens is 3. The quantitative estimate of drug-likeness (QED) is 0.463. The van der Waals surface area contributed by atoms with Crippen LogP contribution in [0.3, 0.4) is 0 Å². The Kier molecular flexibility index (Phi) is 4.56. The number of nitrogens with zero attached hydrogens (tertiary/aromatic N) is 2. The third-order valence-corrected chi connectivity index (χ3v) is 5.24. The first-order valence-electron chi connectivity index (χ1n) is 7.60. The van der Waals surface area contributed by atoms with Gasteiger partial charge in [0.2, 0.25) is 11.7 Å². The number of aromatic amines is 1. The van der Waals surface area contributed by atoms with Crippen LogP contribution >= 0.6 is 39.1 Å². The van der Waals surface area contributed by atoms with Crippen LogP contribution < -0.4 is 5.56 Å². The molecule has 0 saturated carbocycles. The second-order valence-corrected chi connectivity index (χ2v) is 7.35. The predicted octanol–water partition coefficient (Wildman–Crippen LogP) is 5.24. The van der Waals surface area contributed by atoms with Crippen LogP contribution in [0.2, 0.25) is 10.0 Å².